The van der Waals surface area contributed by atoms with Crippen LogP contribution in [-0.2, 0) is 6.18 Å². The molecule has 7 heteroatoms. The fraction of sp³-hybridized carbons (Fsp3) is 0.400. The largest absolute Gasteiger partial charge is 0.416 e. The first-order valence-electron chi connectivity index (χ1n) is 4.92. The van der Waals surface area contributed by atoms with E-state index in [0.717, 1.165) is 12.1 Å². The minimum absolute atomic E-state index is 0.0401. The average molecular weight is 264 g/mol. The molecule has 92 valence electrons. The Morgan fingerprint density at radius 1 is 1.29 bits per heavy atom. The average Bonchev–Trinajstić information content (AvgIpc) is 2.60. The van der Waals surface area contributed by atoms with Crippen molar-refractivity contribution < 1.29 is 13.2 Å². The Morgan fingerprint density at radius 2 is 1.94 bits per heavy atom. The molecule has 3 nitrogen and oxygen atoms in total. The zero-order chi connectivity index (χ0) is 12.8. The fourth-order valence-electron chi connectivity index (χ4n) is 1.54. The summed E-state index contributed by atoms with van der Waals surface area (Å²) in [5.74, 6) is 0. The van der Waals surface area contributed by atoms with E-state index in [9.17, 15) is 13.2 Å². The summed E-state index contributed by atoms with van der Waals surface area (Å²) in [7, 11) is 0. The molecule has 0 saturated carbocycles. The van der Waals surface area contributed by atoms with Crippen LogP contribution in [0.3, 0.4) is 0 Å². The molecule has 2 rings (SSSR count). The molecule has 0 amide bonds. The molecule has 0 saturated heterocycles. The first-order valence-corrected chi connectivity index (χ1v) is 5.30. The zero-order valence-electron chi connectivity index (χ0n) is 9.09. The third kappa shape index (κ3) is 2.09. The number of halogens is 4. The topological polar surface area (TPSA) is 30.7 Å². The van der Waals surface area contributed by atoms with E-state index in [4.69, 9.17) is 11.6 Å². The number of alkyl halides is 3. The van der Waals surface area contributed by atoms with Gasteiger partial charge in [-0.15, -0.1) is 5.10 Å². The van der Waals surface area contributed by atoms with E-state index >= 15 is 0 Å². The van der Waals surface area contributed by atoms with Crippen molar-refractivity contribution >= 4 is 22.6 Å². The number of aromatic nitrogens is 3. The van der Waals surface area contributed by atoms with Crippen LogP contribution in [0.25, 0.3) is 11.0 Å². The molecule has 0 unspecified atom stereocenters. The Balaban J connectivity index is 2.74. The lowest BCUT2D eigenvalue weighted by Gasteiger charge is -2.09. The van der Waals surface area contributed by atoms with E-state index in [2.05, 4.69) is 10.3 Å². The molecule has 17 heavy (non-hydrogen) atoms. The molecular formula is C10H9ClF3N3. The Morgan fingerprint density at radius 3 is 2.47 bits per heavy atom. The normalized spacial score (nSPS) is 12.6. The summed E-state index contributed by atoms with van der Waals surface area (Å²) in [6.07, 6.45) is -4.43. The summed E-state index contributed by atoms with van der Waals surface area (Å²) in [5, 5.41) is 7.53. The molecule has 0 aliphatic rings. The van der Waals surface area contributed by atoms with E-state index in [0.29, 0.717) is 5.52 Å². The van der Waals surface area contributed by atoms with Crippen LogP contribution in [0.1, 0.15) is 25.5 Å². The van der Waals surface area contributed by atoms with Gasteiger partial charge in [0.15, 0.2) is 0 Å². The van der Waals surface area contributed by atoms with E-state index < -0.39 is 11.7 Å². The third-order valence-corrected chi connectivity index (χ3v) is 2.64. The van der Waals surface area contributed by atoms with Gasteiger partial charge in [-0.2, -0.15) is 13.2 Å². The molecular weight excluding hydrogens is 255 g/mol. The summed E-state index contributed by atoms with van der Waals surface area (Å²) in [6, 6.07) is 1.80. The van der Waals surface area contributed by atoms with Gasteiger partial charge in [-0.25, -0.2) is 4.68 Å². The Kier molecular flexibility index (Phi) is 2.77. The Labute approximate surface area is 100 Å². The van der Waals surface area contributed by atoms with Crippen molar-refractivity contribution in [2.24, 2.45) is 0 Å². The first kappa shape index (κ1) is 12.2. The molecule has 1 aromatic carbocycles. The molecule has 0 bridgehead atoms. The molecule has 0 aliphatic heterocycles. The quantitative estimate of drug-likeness (QED) is 0.786. The van der Waals surface area contributed by atoms with Gasteiger partial charge in [0, 0.05) is 6.04 Å². The molecule has 0 atom stereocenters. The summed E-state index contributed by atoms with van der Waals surface area (Å²) in [6.45, 7) is 3.62. The van der Waals surface area contributed by atoms with Crippen molar-refractivity contribution in [3.8, 4) is 0 Å². The van der Waals surface area contributed by atoms with Crippen molar-refractivity contribution in [3.63, 3.8) is 0 Å². The predicted octanol–water partition coefficient (Wildman–Crippen LogP) is 3.68. The lowest BCUT2D eigenvalue weighted by Crippen LogP contribution is -2.07. The second-order valence-electron chi connectivity index (χ2n) is 3.95. The monoisotopic (exact) mass is 263 g/mol. The van der Waals surface area contributed by atoms with Gasteiger partial charge in [-0.3, -0.25) is 0 Å². The van der Waals surface area contributed by atoms with Gasteiger partial charge in [0.2, 0.25) is 0 Å². The minimum atomic E-state index is -4.43. The standard InChI is InChI=1S/C10H9ClF3N3/c1-5(2)17-8-4-6(10(12,13)14)3-7(11)9(8)15-16-17/h3-5H,1-2H3. The van der Waals surface area contributed by atoms with Gasteiger partial charge in [0.25, 0.3) is 0 Å². The summed E-state index contributed by atoms with van der Waals surface area (Å²) >= 11 is 5.77. The van der Waals surface area contributed by atoms with Gasteiger partial charge in [0.05, 0.1) is 16.1 Å². The van der Waals surface area contributed by atoms with Crippen LogP contribution >= 0.6 is 11.6 Å². The highest BCUT2D eigenvalue weighted by molar-refractivity contribution is 6.35. The highest BCUT2D eigenvalue weighted by atomic mass is 35.5. The highest BCUT2D eigenvalue weighted by Crippen LogP contribution is 2.34. The maximum Gasteiger partial charge on any atom is 0.416 e. The smallest absolute Gasteiger partial charge is 0.242 e. The van der Waals surface area contributed by atoms with Crippen molar-refractivity contribution in [1.29, 1.82) is 0 Å². The summed E-state index contributed by atoms with van der Waals surface area (Å²) < 4.78 is 39.3. The highest BCUT2D eigenvalue weighted by Gasteiger charge is 2.32. The predicted molar refractivity (Wildman–Crippen MR) is 57.9 cm³/mol. The molecule has 1 aromatic heterocycles. The lowest BCUT2D eigenvalue weighted by atomic mass is 10.2. The third-order valence-electron chi connectivity index (χ3n) is 2.35. The van der Waals surface area contributed by atoms with Gasteiger partial charge < -0.3 is 0 Å². The van der Waals surface area contributed by atoms with Crippen LogP contribution in [0.2, 0.25) is 5.02 Å². The molecule has 2 aromatic rings. The van der Waals surface area contributed by atoms with E-state index in [1.54, 1.807) is 0 Å². The number of hydrogen-bond acceptors (Lipinski definition) is 2. The number of rotatable bonds is 1. The van der Waals surface area contributed by atoms with Crippen molar-refractivity contribution in [3.05, 3.63) is 22.7 Å². The van der Waals surface area contributed by atoms with E-state index in [1.165, 1.54) is 4.68 Å². The van der Waals surface area contributed by atoms with Gasteiger partial charge in [-0.05, 0) is 26.0 Å². The molecule has 0 fully saturated rings. The van der Waals surface area contributed by atoms with Crippen molar-refractivity contribution in [2.45, 2.75) is 26.1 Å². The van der Waals surface area contributed by atoms with Crippen LogP contribution in [0.15, 0.2) is 12.1 Å². The van der Waals surface area contributed by atoms with Gasteiger partial charge in [-0.1, -0.05) is 16.8 Å². The van der Waals surface area contributed by atoms with E-state index in [1.807, 2.05) is 13.8 Å². The number of nitrogens with zero attached hydrogens (tertiary/aromatic N) is 3. The molecule has 0 radical (unpaired) electrons. The summed E-state index contributed by atoms with van der Waals surface area (Å²) in [5.41, 5.74) is -0.215. The molecule has 1 heterocycles. The van der Waals surface area contributed by atoms with Crippen LogP contribution in [0.4, 0.5) is 13.2 Å². The van der Waals surface area contributed by atoms with Crippen LogP contribution < -0.4 is 0 Å². The first-order chi connectivity index (χ1) is 7.80. The second kappa shape index (κ2) is 3.87. The molecule has 0 aliphatic carbocycles. The lowest BCUT2D eigenvalue weighted by molar-refractivity contribution is -0.137. The number of fused-ring (bicyclic) bond motifs is 1. The summed E-state index contributed by atoms with van der Waals surface area (Å²) in [4.78, 5) is 0. The van der Waals surface area contributed by atoms with Gasteiger partial charge >= 0.3 is 6.18 Å². The van der Waals surface area contributed by atoms with E-state index in [-0.39, 0.29) is 16.6 Å². The Bertz CT molecular complexity index is 560. The molecule has 0 N–H and O–H groups in total. The zero-order valence-corrected chi connectivity index (χ0v) is 9.84. The fourth-order valence-corrected chi connectivity index (χ4v) is 1.80. The maximum atomic E-state index is 12.6. The van der Waals surface area contributed by atoms with Crippen LogP contribution in [-0.4, -0.2) is 15.0 Å². The van der Waals surface area contributed by atoms with Crippen molar-refractivity contribution in [1.82, 2.24) is 15.0 Å². The van der Waals surface area contributed by atoms with Crippen LogP contribution in [0, 0.1) is 0 Å². The Hall–Kier alpha value is -1.30. The SMILES string of the molecule is CC(C)n1nnc2c(Cl)cc(C(F)(F)F)cc21. The molecule has 0 spiro atoms. The van der Waals surface area contributed by atoms with Crippen molar-refractivity contribution in [2.75, 3.05) is 0 Å². The van der Waals surface area contributed by atoms with Gasteiger partial charge in [0.1, 0.15) is 5.52 Å². The number of benzene rings is 1. The van der Waals surface area contributed by atoms with Crippen LogP contribution in [0.5, 0.6) is 0 Å². The minimum Gasteiger partial charge on any atom is -0.242 e. The maximum absolute atomic E-state index is 12.6. The number of hydrogen-bond donors (Lipinski definition) is 0. The second-order valence-corrected chi connectivity index (χ2v) is 4.36.